The monoisotopic (exact) mass is 406 g/mol. The molecule has 0 aliphatic rings. The van der Waals surface area contributed by atoms with Crippen LogP contribution in [0.15, 0.2) is 40.9 Å². The van der Waals surface area contributed by atoms with Gasteiger partial charge in [-0.2, -0.15) is 0 Å². The molecule has 0 bridgehead atoms. The molecule has 0 aliphatic carbocycles. The first-order valence-electron chi connectivity index (χ1n) is 7.80. The first-order chi connectivity index (χ1) is 11.8. The van der Waals surface area contributed by atoms with Crippen LogP contribution in [0.25, 0.3) is 0 Å². The van der Waals surface area contributed by atoms with Crippen molar-refractivity contribution in [3.63, 3.8) is 0 Å². The minimum absolute atomic E-state index is 0.129. The number of hydrogen-bond donors (Lipinski definition) is 1. The number of aryl methyl sites for hydroxylation is 2. The molecule has 0 saturated carbocycles. The van der Waals surface area contributed by atoms with E-state index in [1.165, 1.54) is 11.0 Å². The summed E-state index contributed by atoms with van der Waals surface area (Å²) >= 11 is 3.28. The van der Waals surface area contributed by atoms with Crippen LogP contribution in [0.3, 0.4) is 0 Å². The Bertz CT molecular complexity index is 788. The summed E-state index contributed by atoms with van der Waals surface area (Å²) < 4.78 is 14.5. The van der Waals surface area contributed by atoms with Gasteiger partial charge in [0.2, 0.25) is 5.91 Å². The van der Waals surface area contributed by atoms with Crippen LogP contribution >= 0.6 is 15.9 Å². The summed E-state index contributed by atoms with van der Waals surface area (Å²) in [5, 5.41) is 2.61. The van der Waals surface area contributed by atoms with E-state index in [0.717, 1.165) is 15.6 Å². The Hall–Kier alpha value is -2.21. The molecule has 2 aromatic rings. The standard InChI is InChI=1S/C19H20BrFN2O2/c1-12-6-13(2)8-14(7-12)19(25)22-10-18(24)23(3)11-15-9-16(20)4-5-17(15)21/h4-9H,10-11H2,1-3H3,(H,22,25). The van der Waals surface area contributed by atoms with Gasteiger partial charge in [-0.25, -0.2) is 4.39 Å². The van der Waals surface area contributed by atoms with Gasteiger partial charge in [-0.1, -0.05) is 33.1 Å². The van der Waals surface area contributed by atoms with E-state index in [9.17, 15) is 14.0 Å². The Balaban J connectivity index is 1.94. The second-order valence-corrected chi connectivity index (χ2v) is 6.96. The first kappa shape index (κ1) is 19.1. The maximum atomic E-state index is 13.8. The first-order valence-corrected chi connectivity index (χ1v) is 8.60. The molecule has 2 aromatic carbocycles. The van der Waals surface area contributed by atoms with Crippen molar-refractivity contribution in [1.82, 2.24) is 10.2 Å². The van der Waals surface area contributed by atoms with Crippen LogP contribution in [-0.4, -0.2) is 30.3 Å². The predicted octanol–water partition coefficient (Wildman–Crippen LogP) is 3.59. The lowest BCUT2D eigenvalue weighted by Crippen LogP contribution is -2.38. The molecule has 0 heterocycles. The Kier molecular flexibility index (Phi) is 6.31. The molecule has 1 N–H and O–H groups in total. The van der Waals surface area contributed by atoms with Crippen molar-refractivity contribution in [3.8, 4) is 0 Å². The molecule has 0 radical (unpaired) electrons. The molecule has 25 heavy (non-hydrogen) atoms. The molecule has 0 spiro atoms. The van der Waals surface area contributed by atoms with E-state index in [-0.39, 0.29) is 30.7 Å². The van der Waals surface area contributed by atoms with Crippen LogP contribution < -0.4 is 5.32 Å². The fourth-order valence-electron chi connectivity index (χ4n) is 2.51. The average molecular weight is 407 g/mol. The van der Waals surface area contributed by atoms with Crippen molar-refractivity contribution in [2.24, 2.45) is 0 Å². The lowest BCUT2D eigenvalue weighted by molar-refractivity contribution is -0.129. The Labute approximate surface area is 155 Å². The molecule has 0 atom stereocenters. The number of benzene rings is 2. The summed E-state index contributed by atoms with van der Waals surface area (Å²) in [5.74, 6) is -0.971. The van der Waals surface area contributed by atoms with Crippen molar-refractivity contribution < 1.29 is 14.0 Å². The van der Waals surface area contributed by atoms with E-state index >= 15 is 0 Å². The highest BCUT2D eigenvalue weighted by Gasteiger charge is 2.14. The predicted molar refractivity (Wildman–Crippen MR) is 98.8 cm³/mol. The lowest BCUT2D eigenvalue weighted by Gasteiger charge is -2.18. The summed E-state index contributed by atoms with van der Waals surface area (Å²) in [6.07, 6.45) is 0. The minimum Gasteiger partial charge on any atom is -0.343 e. The summed E-state index contributed by atoms with van der Waals surface area (Å²) in [5.41, 5.74) is 2.90. The third-order valence-corrected chi connectivity index (χ3v) is 4.22. The Morgan fingerprint density at radius 3 is 2.40 bits per heavy atom. The number of hydrogen-bond acceptors (Lipinski definition) is 2. The van der Waals surface area contributed by atoms with Crippen molar-refractivity contribution in [1.29, 1.82) is 0 Å². The third kappa shape index (κ3) is 5.39. The molecule has 132 valence electrons. The summed E-state index contributed by atoms with van der Waals surface area (Å²) in [4.78, 5) is 25.8. The molecule has 0 aromatic heterocycles. The van der Waals surface area contributed by atoms with Crippen molar-refractivity contribution in [3.05, 3.63) is 68.9 Å². The number of halogens is 2. The highest BCUT2D eigenvalue weighted by Crippen LogP contribution is 2.17. The maximum absolute atomic E-state index is 13.8. The maximum Gasteiger partial charge on any atom is 0.251 e. The summed E-state index contributed by atoms with van der Waals surface area (Å²) in [6, 6.07) is 10.1. The van der Waals surface area contributed by atoms with Gasteiger partial charge in [-0.3, -0.25) is 9.59 Å². The number of nitrogens with one attached hydrogen (secondary N) is 1. The van der Waals surface area contributed by atoms with Crippen molar-refractivity contribution in [2.45, 2.75) is 20.4 Å². The number of rotatable bonds is 5. The van der Waals surface area contributed by atoms with Gasteiger partial charge in [0.1, 0.15) is 5.82 Å². The van der Waals surface area contributed by atoms with Gasteiger partial charge in [0.25, 0.3) is 5.91 Å². The van der Waals surface area contributed by atoms with Gasteiger partial charge in [0.15, 0.2) is 0 Å². The van der Waals surface area contributed by atoms with Crippen LogP contribution in [-0.2, 0) is 11.3 Å². The SMILES string of the molecule is Cc1cc(C)cc(C(=O)NCC(=O)N(C)Cc2cc(Br)ccc2F)c1. The summed E-state index contributed by atoms with van der Waals surface area (Å²) in [7, 11) is 1.58. The molecule has 2 amide bonds. The summed E-state index contributed by atoms with van der Waals surface area (Å²) in [6.45, 7) is 3.81. The van der Waals surface area contributed by atoms with E-state index in [4.69, 9.17) is 0 Å². The minimum atomic E-state index is -0.373. The highest BCUT2D eigenvalue weighted by molar-refractivity contribution is 9.10. The molecule has 4 nitrogen and oxygen atoms in total. The number of nitrogens with zero attached hydrogens (tertiary/aromatic N) is 1. The molecule has 0 saturated heterocycles. The van der Waals surface area contributed by atoms with Gasteiger partial charge in [-0.15, -0.1) is 0 Å². The van der Waals surface area contributed by atoms with E-state index in [2.05, 4.69) is 21.2 Å². The average Bonchev–Trinajstić information content (AvgIpc) is 2.54. The molecule has 2 rings (SSSR count). The molecular formula is C19H20BrFN2O2. The zero-order valence-electron chi connectivity index (χ0n) is 14.4. The van der Waals surface area contributed by atoms with Crippen LogP contribution in [0.2, 0.25) is 0 Å². The largest absolute Gasteiger partial charge is 0.343 e. The van der Waals surface area contributed by atoms with Gasteiger partial charge in [0.05, 0.1) is 6.54 Å². The van der Waals surface area contributed by atoms with Gasteiger partial charge >= 0.3 is 0 Å². The smallest absolute Gasteiger partial charge is 0.251 e. The van der Waals surface area contributed by atoms with E-state index in [1.807, 2.05) is 19.9 Å². The number of carbonyl (C=O) groups is 2. The Morgan fingerprint density at radius 1 is 1.12 bits per heavy atom. The Morgan fingerprint density at radius 2 is 1.76 bits per heavy atom. The molecule has 0 fully saturated rings. The topological polar surface area (TPSA) is 49.4 Å². The molecule has 6 heteroatoms. The van der Waals surface area contributed by atoms with Gasteiger partial charge in [-0.05, 0) is 44.2 Å². The number of likely N-dealkylation sites (N-methyl/N-ethyl adjacent to an activating group) is 1. The lowest BCUT2D eigenvalue weighted by atomic mass is 10.1. The van der Waals surface area contributed by atoms with Crippen LogP contribution in [0.5, 0.6) is 0 Å². The van der Waals surface area contributed by atoms with Crippen LogP contribution in [0.4, 0.5) is 4.39 Å². The fourth-order valence-corrected chi connectivity index (χ4v) is 2.92. The second kappa shape index (κ2) is 8.25. The molecular weight excluding hydrogens is 387 g/mol. The van der Waals surface area contributed by atoms with E-state index in [0.29, 0.717) is 11.1 Å². The number of amides is 2. The normalized spacial score (nSPS) is 10.4. The van der Waals surface area contributed by atoms with Crippen LogP contribution in [0.1, 0.15) is 27.0 Å². The zero-order chi connectivity index (χ0) is 18.6. The zero-order valence-corrected chi connectivity index (χ0v) is 16.0. The van der Waals surface area contributed by atoms with Gasteiger partial charge < -0.3 is 10.2 Å². The quantitative estimate of drug-likeness (QED) is 0.824. The van der Waals surface area contributed by atoms with Crippen LogP contribution in [0, 0.1) is 19.7 Å². The van der Waals surface area contributed by atoms with E-state index < -0.39 is 0 Å². The molecule has 0 aliphatic heterocycles. The van der Waals surface area contributed by atoms with Crippen molar-refractivity contribution in [2.75, 3.05) is 13.6 Å². The van der Waals surface area contributed by atoms with Crippen molar-refractivity contribution >= 4 is 27.7 Å². The van der Waals surface area contributed by atoms with Gasteiger partial charge in [0, 0.05) is 29.2 Å². The highest BCUT2D eigenvalue weighted by atomic mass is 79.9. The molecule has 0 unspecified atom stereocenters. The second-order valence-electron chi connectivity index (χ2n) is 6.04. The third-order valence-electron chi connectivity index (χ3n) is 3.73. The number of carbonyl (C=O) groups excluding carboxylic acids is 2. The fraction of sp³-hybridized carbons (Fsp3) is 0.263. The van der Waals surface area contributed by atoms with E-state index in [1.54, 1.807) is 31.3 Å².